The highest BCUT2D eigenvalue weighted by Gasteiger charge is 2.02. The van der Waals surface area contributed by atoms with Crippen molar-refractivity contribution in [3.05, 3.63) is 35.4 Å². The average molecular weight is 196 g/mol. The Morgan fingerprint density at radius 2 is 1.86 bits per heavy atom. The quantitative estimate of drug-likeness (QED) is 0.434. The number of carbonyl (C=O) groups is 1. The Kier molecular flexibility index (Phi) is 5.76. The molecule has 0 aliphatic heterocycles. The van der Waals surface area contributed by atoms with Crippen molar-refractivity contribution in [2.75, 3.05) is 0 Å². The van der Waals surface area contributed by atoms with Gasteiger partial charge in [0.2, 0.25) is 0 Å². The van der Waals surface area contributed by atoms with E-state index >= 15 is 0 Å². The molecule has 0 spiro atoms. The van der Waals surface area contributed by atoms with Crippen LogP contribution in [0.5, 0.6) is 0 Å². The largest absolute Gasteiger partial charge is 0.295 e. The highest BCUT2D eigenvalue weighted by molar-refractivity contribution is 5.94. The molecule has 0 fully saturated rings. The van der Waals surface area contributed by atoms with Gasteiger partial charge in [-0.3, -0.25) is 15.3 Å². The van der Waals surface area contributed by atoms with Crippen LogP contribution in [0.4, 0.5) is 0 Å². The van der Waals surface area contributed by atoms with Crippen LogP contribution in [0.15, 0.2) is 24.3 Å². The third-order valence-corrected chi connectivity index (χ3v) is 1.96. The molecule has 2 N–H and O–H groups in total. The van der Waals surface area contributed by atoms with Crippen molar-refractivity contribution in [2.24, 2.45) is 0 Å². The molecule has 0 saturated heterocycles. The van der Waals surface area contributed by atoms with Crippen LogP contribution < -0.4 is 0 Å². The molecule has 0 radical (unpaired) electrons. The van der Waals surface area contributed by atoms with Crippen molar-refractivity contribution in [3.8, 4) is 0 Å². The minimum atomic E-state index is 0.137. The Morgan fingerprint density at radius 1 is 1.29 bits per heavy atom. The second-order valence-electron chi connectivity index (χ2n) is 3.34. The molecular weight excluding hydrogens is 180 g/mol. The first-order valence-electron chi connectivity index (χ1n) is 4.42. The van der Waals surface area contributed by atoms with Gasteiger partial charge in [0.15, 0.2) is 5.78 Å². The Morgan fingerprint density at radius 3 is 2.29 bits per heavy atom. The third-order valence-electron chi connectivity index (χ3n) is 1.96. The molecule has 3 heteroatoms. The highest BCUT2D eigenvalue weighted by Crippen LogP contribution is 2.15. The molecule has 1 aromatic rings. The fourth-order valence-corrected chi connectivity index (χ4v) is 1.12. The summed E-state index contributed by atoms with van der Waals surface area (Å²) in [4.78, 5) is 11.0. The van der Waals surface area contributed by atoms with Gasteiger partial charge in [-0.15, -0.1) is 0 Å². The second kappa shape index (κ2) is 6.29. The Bertz CT molecular complexity index is 292. The van der Waals surface area contributed by atoms with Gasteiger partial charge in [-0.25, -0.2) is 0 Å². The summed E-state index contributed by atoms with van der Waals surface area (Å²) in [5.74, 6) is 0.627. The normalized spacial score (nSPS) is 9.29. The monoisotopic (exact) mass is 196 g/mol. The first-order chi connectivity index (χ1) is 6.61. The maximum atomic E-state index is 11.0. The van der Waals surface area contributed by atoms with Crippen LogP contribution in [0.25, 0.3) is 0 Å². The molecule has 0 aliphatic rings. The Balaban J connectivity index is 0.000000791. The maximum Gasteiger partial charge on any atom is 0.159 e. The molecule has 1 aromatic carbocycles. The summed E-state index contributed by atoms with van der Waals surface area (Å²) in [6.45, 7) is 5.85. The van der Waals surface area contributed by atoms with E-state index in [9.17, 15) is 4.79 Å². The minimum absolute atomic E-state index is 0.137. The van der Waals surface area contributed by atoms with Crippen LogP contribution in [-0.2, 0) is 0 Å². The number of hydrogen-bond donors (Lipinski definition) is 2. The molecule has 1 rings (SSSR count). The van der Waals surface area contributed by atoms with Crippen LogP contribution in [0.2, 0.25) is 0 Å². The van der Waals surface area contributed by atoms with Crippen molar-refractivity contribution in [1.82, 2.24) is 0 Å². The SMILES string of the molecule is CC(=O)c1cccc(C(C)C)c1.OO. The van der Waals surface area contributed by atoms with Gasteiger partial charge in [0.1, 0.15) is 0 Å². The highest BCUT2D eigenvalue weighted by atomic mass is 17.0. The lowest BCUT2D eigenvalue weighted by molar-refractivity contribution is -0.176. The van der Waals surface area contributed by atoms with Gasteiger partial charge in [0.25, 0.3) is 0 Å². The smallest absolute Gasteiger partial charge is 0.159 e. The summed E-state index contributed by atoms with van der Waals surface area (Å²) in [5, 5.41) is 12.0. The van der Waals surface area contributed by atoms with E-state index in [4.69, 9.17) is 10.5 Å². The topological polar surface area (TPSA) is 57.5 Å². The van der Waals surface area contributed by atoms with E-state index in [0.717, 1.165) is 5.56 Å². The fourth-order valence-electron chi connectivity index (χ4n) is 1.12. The van der Waals surface area contributed by atoms with Crippen molar-refractivity contribution in [3.63, 3.8) is 0 Å². The van der Waals surface area contributed by atoms with E-state index in [-0.39, 0.29) is 5.78 Å². The van der Waals surface area contributed by atoms with Crippen LogP contribution in [0, 0.1) is 0 Å². The van der Waals surface area contributed by atoms with Crippen LogP contribution >= 0.6 is 0 Å². The molecule has 78 valence electrons. The lowest BCUT2D eigenvalue weighted by atomic mass is 10.00. The molecule has 0 heterocycles. The summed E-state index contributed by atoms with van der Waals surface area (Å²) in [6.07, 6.45) is 0. The average Bonchev–Trinajstić information content (AvgIpc) is 2.21. The number of benzene rings is 1. The lowest BCUT2D eigenvalue weighted by Crippen LogP contribution is -1.94. The summed E-state index contributed by atoms with van der Waals surface area (Å²) >= 11 is 0. The molecule has 0 atom stereocenters. The predicted molar refractivity (Wildman–Crippen MR) is 55.8 cm³/mol. The molecule has 0 aromatic heterocycles. The number of rotatable bonds is 2. The minimum Gasteiger partial charge on any atom is -0.295 e. The zero-order chi connectivity index (χ0) is 11.1. The van der Waals surface area contributed by atoms with Gasteiger partial charge in [-0.1, -0.05) is 32.0 Å². The van der Waals surface area contributed by atoms with Gasteiger partial charge >= 0.3 is 0 Å². The molecule has 0 bridgehead atoms. The number of ketones is 1. The van der Waals surface area contributed by atoms with Crippen LogP contribution in [-0.4, -0.2) is 16.3 Å². The maximum absolute atomic E-state index is 11.0. The van der Waals surface area contributed by atoms with E-state index in [1.807, 2.05) is 18.2 Å². The van der Waals surface area contributed by atoms with Gasteiger partial charge in [-0.05, 0) is 24.5 Å². The first-order valence-corrected chi connectivity index (χ1v) is 4.42. The van der Waals surface area contributed by atoms with E-state index in [2.05, 4.69) is 19.9 Å². The number of carbonyl (C=O) groups excluding carboxylic acids is 1. The first kappa shape index (κ1) is 12.8. The Hall–Kier alpha value is -1.19. The zero-order valence-corrected chi connectivity index (χ0v) is 8.69. The van der Waals surface area contributed by atoms with Gasteiger partial charge < -0.3 is 0 Å². The second-order valence-corrected chi connectivity index (χ2v) is 3.34. The summed E-state index contributed by atoms with van der Waals surface area (Å²) in [6, 6.07) is 7.81. The molecule has 0 saturated carbocycles. The van der Waals surface area contributed by atoms with Crippen molar-refractivity contribution >= 4 is 5.78 Å². The fraction of sp³-hybridized carbons (Fsp3) is 0.364. The van der Waals surface area contributed by atoms with E-state index in [1.54, 1.807) is 6.92 Å². The Labute approximate surface area is 83.9 Å². The van der Waals surface area contributed by atoms with Gasteiger partial charge in [-0.2, -0.15) is 0 Å². The van der Waals surface area contributed by atoms with Crippen LogP contribution in [0.3, 0.4) is 0 Å². The summed E-state index contributed by atoms with van der Waals surface area (Å²) in [7, 11) is 0. The zero-order valence-electron chi connectivity index (χ0n) is 8.69. The van der Waals surface area contributed by atoms with E-state index < -0.39 is 0 Å². The van der Waals surface area contributed by atoms with Crippen molar-refractivity contribution in [1.29, 1.82) is 0 Å². The van der Waals surface area contributed by atoms with Crippen LogP contribution in [0.1, 0.15) is 42.6 Å². The molecule has 0 aliphatic carbocycles. The van der Waals surface area contributed by atoms with Crippen molar-refractivity contribution in [2.45, 2.75) is 26.7 Å². The molecule has 3 nitrogen and oxygen atoms in total. The van der Waals surface area contributed by atoms with Crippen molar-refractivity contribution < 1.29 is 15.3 Å². The standard InChI is InChI=1S/C11H14O.H2O2/c1-8(2)10-5-4-6-11(7-10)9(3)12;1-2/h4-8H,1-3H3;1-2H. The molecule has 0 unspecified atom stereocenters. The molecular formula is C11H16O3. The van der Waals surface area contributed by atoms with E-state index in [1.165, 1.54) is 5.56 Å². The third kappa shape index (κ3) is 3.68. The predicted octanol–water partition coefficient (Wildman–Crippen LogP) is 3.03. The summed E-state index contributed by atoms with van der Waals surface area (Å²) < 4.78 is 0. The lowest BCUT2D eigenvalue weighted by Gasteiger charge is -2.05. The van der Waals surface area contributed by atoms with Gasteiger partial charge in [0, 0.05) is 5.56 Å². The number of hydrogen-bond acceptors (Lipinski definition) is 3. The molecule has 0 amide bonds. The van der Waals surface area contributed by atoms with Gasteiger partial charge in [0.05, 0.1) is 0 Å². The van der Waals surface area contributed by atoms with E-state index in [0.29, 0.717) is 5.92 Å². The number of Topliss-reactive ketones (excluding diaryl/α,β-unsaturated/α-hetero) is 1. The molecule has 14 heavy (non-hydrogen) atoms. The summed E-state index contributed by atoms with van der Waals surface area (Å²) in [5.41, 5.74) is 2.03.